The van der Waals surface area contributed by atoms with E-state index in [4.69, 9.17) is 5.11 Å². The number of sulfone groups is 1. The summed E-state index contributed by atoms with van der Waals surface area (Å²) in [5.41, 5.74) is 0. The van der Waals surface area contributed by atoms with Crippen LogP contribution in [0.2, 0.25) is 0 Å². The molecular weight excluding hydrogens is 320 g/mol. The van der Waals surface area contributed by atoms with Crippen molar-refractivity contribution < 1.29 is 13.5 Å². The first kappa shape index (κ1) is 23.9. The molecule has 0 aromatic carbocycles. The van der Waals surface area contributed by atoms with E-state index in [1.54, 1.807) is 0 Å². The van der Waals surface area contributed by atoms with Crippen molar-refractivity contribution in [1.82, 2.24) is 0 Å². The smallest absolute Gasteiger partial charge is 0.152 e. The van der Waals surface area contributed by atoms with Crippen molar-refractivity contribution in [2.75, 3.05) is 18.1 Å². The Kier molecular flexibility index (Phi) is 16.3. The molecule has 0 radical (unpaired) electrons. The van der Waals surface area contributed by atoms with Crippen LogP contribution in [0.4, 0.5) is 0 Å². The van der Waals surface area contributed by atoms with E-state index in [0.29, 0.717) is 0 Å². The van der Waals surface area contributed by atoms with E-state index in [1.165, 1.54) is 70.6 Å². The van der Waals surface area contributed by atoms with E-state index >= 15 is 0 Å². The molecule has 0 rings (SSSR count). The third-order valence-electron chi connectivity index (χ3n) is 4.94. The van der Waals surface area contributed by atoms with Crippen LogP contribution in [0.3, 0.4) is 0 Å². The normalized spacial score (nSPS) is 13.3. The SMILES string of the molecule is CCCCCCCCCCCCCCC(CC)CS(=O)(=O)CCO. The van der Waals surface area contributed by atoms with Gasteiger partial charge in [-0.25, -0.2) is 8.42 Å². The lowest BCUT2D eigenvalue weighted by Gasteiger charge is -2.14. The van der Waals surface area contributed by atoms with Gasteiger partial charge in [0.1, 0.15) is 0 Å². The average Bonchev–Trinajstić information content (AvgIpc) is 2.54. The van der Waals surface area contributed by atoms with Gasteiger partial charge in [0.25, 0.3) is 0 Å². The average molecular weight is 363 g/mol. The van der Waals surface area contributed by atoms with Crippen LogP contribution in [0.5, 0.6) is 0 Å². The molecule has 0 aliphatic rings. The van der Waals surface area contributed by atoms with E-state index in [2.05, 4.69) is 13.8 Å². The van der Waals surface area contributed by atoms with Gasteiger partial charge in [0.15, 0.2) is 9.84 Å². The number of hydrogen-bond acceptors (Lipinski definition) is 3. The van der Waals surface area contributed by atoms with Gasteiger partial charge in [-0.05, 0) is 12.3 Å². The van der Waals surface area contributed by atoms with Crippen molar-refractivity contribution in [1.29, 1.82) is 0 Å². The Bertz CT molecular complexity index is 352. The minimum absolute atomic E-state index is 0.0814. The summed E-state index contributed by atoms with van der Waals surface area (Å²) >= 11 is 0. The van der Waals surface area contributed by atoms with Crippen LogP contribution in [0, 0.1) is 5.92 Å². The topological polar surface area (TPSA) is 54.4 Å². The first-order chi connectivity index (χ1) is 11.6. The number of aliphatic hydroxyl groups is 1. The van der Waals surface area contributed by atoms with E-state index in [9.17, 15) is 8.42 Å². The molecule has 0 bridgehead atoms. The van der Waals surface area contributed by atoms with Crippen LogP contribution >= 0.6 is 0 Å². The Morgan fingerprint density at radius 2 is 1.21 bits per heavy atom. The zero-order valence-electron chi connectivity index (χ0n) is 16.3. The van der Waals surface area contributed by atoms with Gasteiger partial charge in [-0.2, -0.15) is 0 Å². The molecule has 24 heavy (non-hydrogen) atoms. The van der Waals surface area contributed by atoms with Gasteiger partial charge in [0, 0.05) is 0 Å². The van der Waals surface area contributed by atoms with E-state index in [1.807, 2.05) is 0 Å². The van der Waals surface area contributed by atoms with Gasteiger partial charge in [-0.1, -0.05) is 97.3 Å². The first-order valence-corrected chi connectivity index (χ1v) is 12.2. The first-order valence-electron chi connectivity index (χ1n) is 10.4. The number of unbranched alkanes of at least 4 members (excludes halogenated alkanes) is 11. The Labute approximate surface area is 151 Å². The Morgan fingerprint density at radius 1 is 0.750 bits per heavy atom. The zero-order chi connectivity index (χ0) is 18.1. The molecule has 0 aromatic rings. The van der Waals surface area contributed by atoms with Gasteiger partial charge >= 0.3 is 0 Å². The van der Waals surface area contributed by atoms with Gasteiger partial charge in [0.2, 0.25) is 0 Å². The minimum atomic E-state index is -3.06. The summed E-state index contributed by atoms with van der Waals surface area (Å²) in [4.78, 5) is 0. The lowest BCUT2D eigenvalue weighted by molar-refractivity contribution is 0.319. The fraction of sp³-hybridized carbons (Fsp3) is 1.00. The zero-order valence-corrected chi connectivity index (χ0v) is 17.1. The maximum atomic E-state index is 11.8. The fourth-order valence-electron chi connectivity index (χ4n) is 3.26. The minimum Gasteiger partial charge on any atom is -0.395 e. The van der Waals surface area contributed by atoms with Crippen LogP contribution in [0.1, 0.15) is 104 Å². The lowest BCUT2D eigenvalue weighted by Crippen LogP contribution is -2.20. The molecule has 0 saturated heterocycles. The molecule has 0 aliphatic carbocycles. The summed E-state index contributed by atoms with van der Waals surface area (Å²) in [7, 11) is -3.06. The Hall–Kier alpha value is -0.0900. The van der Waals surface area contributed by atoms with Crippen molar-refractivity contribution in [3.8, 4) is 0 Å². The van der Waals surface area contributed by atoms with Crippen LogP contribution in [0.25, 0.3) is 0 Å². The summed E-state index contributed by atoms with van der Waals surface area (Å²) in [6, 6.07) is 0. The third kappa shape index (κ3) is 15.4. The highest BCUT2D eigenvalue weighted by atomic mass is 32.2. The predicted molar refractivity (Wildman–Crippen MR) is 105 cm³/mol. The number of hydrogen-bond donors (Lipinski definition) is 1. The molecule has 0 saturated carbocycles. The molecular formula is C20H42O3S. The fourth-order valence-corrected chi connectivity index (χ4v) is 4.83. The molecule has 0 amide bonds. The molecule has 1 atom stereocenters. The summed E-state index contributed by atoms with van der Waals surface area (Å²) in [5.74, 6) is 0.439. The molecule has 0 aliphatic heterocycles. The molecule has 0 heterocycles. The van der Waals surface area contributed by atoms with E-state index in [0.717, 1.165) is 19.3 Å². The second-order valence-electron chi connectivity index (χ2n) is 7.29. The highest BCUT2D eigenvalue weighted by Gasteiger charge is 2.17. The molecule has 3 nitrogen and oxygen atoms in total. The van der Waals surface area contributed by atoms with Crippen LogP contribution in [0.15, 0.2) is 0 Å². The molecule has 4 heteroatoms. The van der Waals surface area contributed by atoms with Gasteiger partial charge in [-0.3, -0.25) is 0 Å². The third-order valence-corrected chi connectivity index (χ3v) is 6.72. The van der Waals surface area contributed by atoms with Gasteiger partial charge in [0.05, 0.1) is 18.1 Å². The van der Waals surface area contributed by atoms with Crippen LogP contribution < -0.4 is 0 Å². The maximum absolute atomic E-state index is 11.8. The largest absolute Gasteiger partial charge is 0.395 e. The summed E-state index contributed by atoms with van der Waals surface area (Å²) < 4.78 is 23.5. The van der Waals surface area contributed by atoms with E-state index < -0.39 is 9.84 Å². The highest BCUT2D eigenvalue weighted by molar-refractivity contribution is 7.91. The van der Waals surface area contributed by atoms with E-state index in [-0.39, 0.29) is 24.0 Å². The summed E-state index contributed by atoms with van der Waals surface area (Å²) in [6.45, 7) is 4.08. The van der Waals surface area contributed by atoms with Crippen LogP contribution in [-0.4, -0.2) is 31.6 Å². The molecule has 0 fully saturated rings. The number of aliphatic hydroxyl groups excluding tert-OH is 1. The summed E-state index contributed by atoms with van der Waals surface area (Å²) in [6.07, 6.45) is 18.0. The van der Waals surface area contributed by atoms with Crippen molar-refractivity contribution >= 4 is 9.84 Å². The van der Waals surface area contributed by atoms with Gasteiger partial charge < -0.3 is 5.11 Å². The molecule has 0 aromatic heterocycles. The van der Waals surface area contributed by atoms with Gasteiger partial charge in [-0.15, -0.1) is 0 Å². The predicted octanol–water partition coefficient (Wildman–Crippen LogP) is 5.51. The van der Waals surface area contributed by atoms with Crippen molar-refractivity contribution in [3.63, 3.8) is 0 Å². The molecule has 1 unspecified atom stereocenters. The molecule has 1 N–H and O–H groups in total. The summed E-state index contributed by atoms with van der Waals surface area (Å²) in [5, 5.41) is 8.80. The Morgan fingerprint density at radius 3 is 1.62 bits per heavy atom. The monoisotopic (exact) mass is 362 g/mol. The number of rotatable bonds is 18. The highest BCUT2D eigenvalue weighted by Crippen LogP contribution is 2.18. The lowest BCUT2D eigenvalue weighted by atomic mass is 9.99. The second kappa shape index (κ2) is 16.4. The molecule has 146 valence electrons. The van der Waals surface area contributed by atoms with Crippen LogP contribution in [-0.2, 0) is 9.84 Å². The molecule has 0 spiro atoms. The second-order valence-corrected chi connectivity index (χ2v) is 9.52. The standard InChI is InChI=1S/C20H42O3S/c1-3-5-6-7-8-9-10-11-12-13-14-15-16-20(4-2)19-24(22,23)18-17-21/h20-21H,3-19H2,1-2H3. The quantitative estimate of drug-likeness (QED) is 0.327. The maximum Gasteiger partial charge on any atom is 0.152 e. The van der Waals surface area contributed by atoms with Crippen molar-refractivity contribution in [2.45, 2.75) is 104 Å². The Balaban J connectivity index is 3.47. The van der Waals surface area contributed by atoms with Crippen molar-refractivity contribution in [3.05, 3.63) is 0 Å². The van der Waals surface area contributed by atoms with Crippen molar-refractivity contribution in [2.24, 2.45) is 5.92 Å².